The molecule has 0 aliphatic carbocycles. The van der Waals surface area contributed by atoms with Crippen molar-refractivity contribution in [2.75, 3.05) is 12.8 Å². The average Bonchev–Trinajstić information content (AvgIpc) is 1.72. The molecule has 1 rings (SSSR count). The molecule has 1 aliphatic heterocycles. The summed E-state index contributed by atoms with van der Waals surface area (Å²) < 4.78 is 4.60. The highest BCUT2D eigenvalue weighted by molar-refractivity contribution is 14.0. The van der Waals surface area contributed by atoms with Crippen molar-refractivity contribution in [1.29, 1.82) is 0 Å². The highest BCUT2D eigenvalue weighted by Crippen LogP contribution is 2.17. The minimum absolute atomic E-state index is 0. The maximum absolute atomic E-state index is 4.60. The zero-order valence-electron chi connectivity index (χ0n) is 3.85. The van der Waals surface area contributed by atoms with Crippen molar-refractivity contribution in [2.45, 2.75) is 6.42 Å². The van der Waals surface area contributed by atoms with E-state index >= 15 is 0 Å². The number of hydrogen-bond donors (Lipinski definition) is 0. The molecule has 0 saturated carbocycles. The molecular formula is C3H8IO2P. The van der Waals surface area contributed by atoms with Crippen LogP contribution in [0.4, 0.5) is 0 Å². The van der Waals surface area contributed by atoms with Gasteiger partial charge in [0.2, 0.25) is 0 Å². The first kappa shape index (κ1) is 8.08. The van der Waals surface area contributed by atoms with Crippen LogP contribution in [-0.2, 0) is 9.56 Å². The Morgan fingerprint density at radius 2 is 2.29 bits per heavy atom. The molecule has 44 valence electrons. The van der Waals surface area contributed by atoms with Gasteiger partial charge in [-0.3, -0.25) is 0 Å². The first-order chi connectivity index (χ1) is 3.00. The Bertz CT molecular complexity index is 28.4. The van der Waals surface area contributed by atoms with Crippen LogP contribution in [0.5, 0.6) is 0 Å². The van der Waals surface area contributed by atoms with Crippen molar-refractivity contribution < 1.29 is 9.56 Å². The lowest BCUT2D eigenvalue weighted by Gasteiger charge is -2.07. The third-order valence-electron chi connectivity index (χ3n) is 0.624. The largest absolute Gasteiger partial charge is 0.234 e. The smallest absolute Gasteiger partial charge is 0.0829 e. The molecule has 1 unspecified atom stereocenters. The minimum atomic E-state index is 0. The Balaban J connectivity index is 0.000000360. The first-order valence-corrected chi connectivity index (χ1v) is 3.13. The summed E-state index contributed by atoms with van der Waals surface area (Å²) in [5.41, 5.74) is 0. The molecule has 0 aromatic carbocycles. The molecule has 1 atom stereocenters. The SMILES string of the molecule is C1COOPC1.I. The molecule has 0 aromatic rings. The number of halogens is 1. The predicted molar refractivity (Wildman–Crippen MR) is 40.3 cm³/mol. The van der Waals surface area contributed by atoms with Crippen molar-refractivity contribution in [1.82, 2.24) is 0 Å². The van der Waals surface area contributed by atoms with Crippen LogP contribution in [0.1, 0.15) is 6.42 Å². The molecule has 0 N–H and O–H groups in total. The maximum Gasteiger partial charge on any atom is 0.0829 e. The molecule has 0 amide bonds. The van der Waals surface area contributed by atoms with Crippen LogP contribution in [0.2, 0.25) is 0 Å². The highest BCUT2D eigenvalue weighted by Gasteiger charge is 1.96. The standard InChI is InChI=1S/C3H7O2P.HI/c1-2-4-5-6-3-1;/h6H,1-3H2;1H. The number of hydrogen-bond acceptors (Lipinski definition) is 2. The molecule has 1 aliphatic rings. The Morgan fingerprint density at radius 3 is 2.43 bits per heavy atom. The van der Waals surface area contributed by atoms with Crippen molar-refractivity contribution in [3.8, 4) is 0 Å². The molecule has 0 radical (unpaired) electrons. The molecule has 0 spiro atoms. The highest BCUT2D eigenvalue weighted by atomic mass is 127. The van der Waals surface area contributed by atoms with Crippen molar-refractivity contribution in [3.05, 3.63) is 0 Å². The summed E-state index contributed by atoms with van der Waals surface area (Å²) in [5, 5.41) is 0. The van der Waals surface area contributed by atoms with E-state index in [2.05, 4.69) is 9.56 Å². The second kappa shape index (κ2) is 5.22. The zero-order valence-corrected chi connectivity index (χ0v) is 7.18. The van der Waals surface area contributed by atoms with Gasteiger partial charge in [-0.15, -0.1) is 24.0 Å². The normalized spacial score (nSPS) is 24.0. The van der Waals surface area contributed by atoms with Crippen LogP contribution in [0.15, 0.2) is 0 Å². The fraction of sp³-hybridized carbons (Fsp3) is 1.00. The Kier molecular flexibility index (Phi) is 6.03. The average molecular weight is 234 g/mol. The van der Waals surface area contributed by atoms with Gasteiger partial charge < -0.3 is 0 Å². The van der Waals surface area contributed by atoms with E-state index in [0.29, 0.717) is 8.81 Å². The van der Waals surface area contributed by atoms with Crippen LogP contribution in [0, 0.1) is 0 Å². The van der Waals surface area contributed by atoms with Crippen LogP contribution in [-0.4, -0.2) is 12.8 Å². The van der Waals surface area contributed by atoms with E-state index in [1.165, 1.54) is 12.6 Å². The topological polar surface area (TPSA) is 18.5 Å². The molecule has 0 aromatic heterocycles. The summed E-state index contributed by atoms with van der Waals surface area (Å²) >= 11 is 0. The molecule has 1 saturated heterocycles. The fourth-order valence-corrected chi connectivity index (χ4v) is 0.867. The van der Waals surface area contributed by atoms with E-state index in [0.717, 1.165) is 6.61 Å². The van der Waals surface area contributed by atoms with E-state index in [1.54, 1.807) is 0 Å². The fourth-order valence-electron chi connectivity index (χ4n) is 0.328. The Hall–Kier alpha value is 1.08. The summed E-state index contributed by atoms with van der Waals surface area (Å²) in [6, 6.07) is 0. The monoisotopic (exact) mass is 234 g/mol. The van der Waals surface area contributed by atoms with E-state index < -0.39 is 0 Å². The van der Waals surface area contributed by atoms with Crippen LogP contribution < -0.4 is 0 Å². The van der Waals surface area contributed by atoms with Gasteiger partial charge in [0.25, 0.3) is 0 Å². The summed E-state index contributed by atoms with van der Waals surface area (Å²) in [4.78, 5) is 4.58. The molecule has 1 heterocycles. The summed E-state index contributed by atoms with van der Waals surface area (Å²) in [6.07, 6.45) is 2.35. The van der Waals surface area contributed by atoms with E-state index in [-0.39, 0.29) is 24.0 Å². The van der Waals surface area contributed by atoms with Crippen molar-refractivity contribution in [3.63, 3.8) is 0 Å². The van der Waals surface area contributed by atoms with Gasteiger partial charge in [0, 0.05) is 0 Å². The van der Waals surface area contributed by atoms with Crippen LogP contribution in [0.25, 0.3) is 0 Å². The Morgan fingerprint density at radius 1 is 1.43 bits per heavy atom. The van der Waals surface area contributed by atoms with Crippen LogP contribution >= 0.6 is 32.8 Å². The first-order valence-electron chi connectivity index (χ1n) is 2.01. The van der Waals surface area contributed by atoms with Gasteiger partial charge >= 0.3 is 0 Å². The maximum atomic E-state index is 4.60. The lowest BCUT2D eigenvalue weighted by Crippen LogP contribution is -1.98. The van der Waals surface area contributed by atoms with Gasteiger partial charge in [-0.05, 0) is 12.6 Å². The summed E-state index contributed by atoms with van der Waals surface area (Å²) in [6.45, 7) is 0.785. The van der Waals surface area contributed by atoms with Gasteiger partial charge in [0.15, 0.2) is 0 Å². The second-order valence-electron chi connectivity index (χ2n) is 1.15. The molecule has 2 nitrogen and oxygen atoms in total. The van der Waals surface area contributed by atoms with Gasteiger partial charge in [-0.1, -0.05) is 0 Å². The third kappa shape index (κ3) is 3.64. The van der Waals surface area contributed by atoms with Gasteiger partial charge in [0.05, 0.1) is 15.4 Å². The van der Waals surface area contributed by atoms with Gasteiger partial charge in [-0.2, -0.15) is 0 Å². The molecular weight excluding hydrogens is 226 g/mol. The Labute approximate surface area is 61.8 Å². The van der Waals surface area contributed by atoms with Crippen molar-refractivity contribution in [2.24, 2.45) is 0 Å². The van der Waals surface area contributed by atoms with E-state index in [4.69, 9.17) is 0 Å². The van der Waals surface area contributed by atoms with Gasteiger partial charge in [-0.25, -0.2) is 9.56 Å². The molecule has 7 heavy (non-hydrogen) atoms. The summed E-state index contributed by atoms with van der Waals surface area (Å²) in [7, 11) is 0.579. The van der Waals surface area contributed by atoms with E-state index in [9.17, 15) is 0 Å². The van der Waals surface area contributed by atoms with Gasteiger partial charge in [0.1, 0.15) is 0 Å². The second-order valence-corrected chi connectivity index (χ2v) is 2.11. The quantitative estimate of drug-likeness (QED) is 0.359. The molecule has 0 bridgehead atoms. The zero-order chi connectivity index (χ0) is 4.24. The van der Waals surface area contributed by atoms with E-state index in [1.807, 2.05) is 0 Å². The summed E-state index contributed by atoms with van der Waals surface area (Å²) in [5.74, 6) is 0. The molecule has 4 heteroatoms. The lowest BCUT2D eigenvalue weighted by molar-refractivity contribution is -0.202. The number of rotatable bonds is 0. The lowest BCUT2D eigenvalue weighted by atomic mass is 10.5. The minimum Gasteiger partial charge on any atom is -0.234 e. The molecule has 1 fully saturated rings. The predicted octanol–water partition coefficient (Wildman–Crippen LogP) is 1.55. The van der Waals surface area contributed by atoms with Crippen LogP contribution in [0.3, 0.4) is 0 Å². The van der Waals surface area contributed by atoms with Crippen molar-refractivity contribution >= 4 is 32.8 Å². The third-order valence-corrected chi connectivity index (χ3v) is 1.42.